The molecule has 7 nitrogen and oxygen atoms in total. The number of nitrogens with zero attached hydrogens (tertiary/aromatic N) is 3. The maximum Gasteiger partial charge on any atom is 0.257 e. The molecule has 37 heavy (non-hydrogen) atoms. The number of rotatable bonds is 11. The number of amides is 1. The van der Waals surface area contributed by atoms with Gasteiger partial charge in [-0.2, -0.15) is 0 Å². The highest BCUT2D eigenvalue weighted by Gasteiger charge is 2.27. The van der Waals surface area contributed by atoms with Gasteiger partial charge in [-0.1, -0.05) is 53.5 Å². The fourth-order valence-corrected chi connectivity index (χ4v) is 4.76. The van der Waals surface area contributed by atoms with Gasteiger partial charge in [-0.05, 0) is 63.0 Å². The van der Waals surface area contributed by atoms with Crippen LogP contribution in [0.1, 0.15) is 22.3 Å². The first-order valence-corrected chi connectivity index (χ1v) is 13.0. The van der Waals surface area contributed by atoms with Crippen molar-refractivity contribution in [1.29, 1.82) is 0 Å². The fraction of sp³-hybridized carbons (Fsp3) is 0.357. The van der Waals surface area contributed by atoms with Crippen LogP contribution in [0.2, 0.25) is 10.0 Å². The molecule has 1 saturated heterocycles. The maximum atomic E-state index is 13.4. The Bertz CT molecular complexity index is 1180. The third-order valence-corrected chi connectivity index (χ3v) is 6.87. The van der Waals surface area contributed by atoms with Crippen LogP contribution in [0.3, 0.4) is 0 Å². The molecule has 1 N–H and O–H groups in total. The van der Waals surface area contributed by atoms with Gasteiger partial charge in [0, 0.05) is 30.4 Å². The van der Waals surface area contributed by atoms with E-state index in [1.165, 1.54) is 0 Å². The van der Waals surface area contributed by atoms with Gasteiger partial charge in [0.25, 0.3) is 5.91 Å². The van der Waals surface area contributed by atoms with Crippen molar-refractivity contribution in [1.82, 2.24) is 20.1 Å². The van der Waals surface area contributed by atoms with E-state index >= 15 is 0 Å². The van der Waals surface area contributed by atoms with E-state index in [1.54, 1.807) is 36.5 Å². The molecule has 2 aromatic carbocycles. The molecule has 1 aliphatic rings. The first kappa shape index (κ1) is 27.4. The van der Waals surface area contributed by atoms with Crippen LogP contribution in [0.5, 0.6) is 11.6 Å². The molecule has 3 aromatic rings. The Kier molecular flexibility index (Phi) is 9.77. The van der Waals surface area contributed by atoms with Gasteiger partial charge in [0.05, 0.1) is 24.3 Å². The molecule has 2 heterocycles. The Hall–Kier alpha value is -2.68. The number of aromatic nitrogens is 1. The van der Waals surface area contributed by atoms with E-state index in [4.69, 9.17) is 32.7 Å². The van der Waals surface area contributed by atoms with E-state index in [0.29, 0.717) is 47.2 Å². The standard InChI is InChI=1S/C28H32Cl2N4O3/c1-33(2)23-12-14-34(17-23)16-22(19-36-18-20-7-4-3-5-8-20)32-27(35)24-9-6-13-31-28(24)37-26-11-10-21(29)15-25(26)30/h3-11,13,15,22-23H,12,14,16-19H2,1-2H3,(H,32,35). The van der Waals surface area contributed by atoms with E-state index in [-0.39, 0.29) is 17.8 Å². The summed E-state index contributed by atoms with van der Waals surface area (Å²) >= 11 is 12.3. The van der Waals surface area contributed by atoms with Crippen LogP contribution in [0.4, 0.5) is 0 Å². The van der Waals surface area contributed by atoms with Crippen molar-refractivity contribution in [3.63, 3.8) is 0 Å². The molecule has 0 aliphatic carbocycles. The van der Waals surface area contributed by atoms with Crippen LogP contribution in [0.25, 0.3) is 0 Å². The van der Waals surface area contributed by atoms with Gasteiger partial charge in [-0.25, -0.2) is 4.98 Å². The second-order valence-electron chi connectivity index (χ2n) is 9.37. The number of nitrogens with one attached hydrogen (secondary N) is 1. The van der Waals surface area contributed by atoms with Gasteiger partial charge in [-0.3, -0.25) is 9.69 Å². The SMILES string of the molecule is CN(C)C1CCN(CC(COCc2ccccc2)NC(=O)c2cccnc2Oc2ccc(Cl)cc2Cl)C1. The van der Waals surface area contributed by atoms with E-state index in [9.17, 15) is 4.79 Å². The molecule has 0 bridgehead atoms. The zero-order valence-corrected chi connectivity index (χ0v) is 22.6. The molecule has 0 saturated carbocycles. The Morgan fingerprint density at radius 2 is 1.97 bits per heavy atom. The predicted octanol–water partition coefficient (Wildman–Crippen LogP) is 5.13. The number of pyridine rings is 1. The molecule has 2 unspecified atom stereocenters. The highest BCUT2D eigenvalue weighted by molar-refractivity contribution is 6.35. The minimum Gasteiger partial charge on any atom is -0.437 e. The second-order valence-corrected chi connectivity index (χ2v) is 10.2. The maximum absolute atomic E-state index is 13.4. The topological polar surface area (TPSA) is 66.9 Å². The molecular formula is C28H32Cl2N4O3. The number of halogens is 2. The summed E-state index contributed by atoms with van der Waals surface area (Å²) in [4.78, 5) is 22.3. The van der Waals surface area contributed by atoms with Crippen molar-refractivity contribution in [2.75, 3.05) is 40.3 Å². The quantitative estimate of drug-likeness (QED) is 0.362. The van der Waals surface area contributed by atoms with E-state index in [0.717, 1.165) is 25.1 Å². The number of hydrogen-bond donors (Lipinski definition) is 1. The van der Waals surface area contributed by atoms with Gasteiger partial charge < -0.3 is 19.7 Å². The number of hydrogen-bond acceptors (Lipinski definition) is 6. The third-order valence-electron chi connectivity index (χ3n) is 6.34. The molecule has 1 amide bonds. The zero-order chi connectivity index (χ0) is 26.2. The van der Waals surface area contributed by atoms with Crippen LogP contribution in [-0.4, -0.2) is 73.1 Å². The lowest BCUT2D eigenvalue weighted by atomic mass is 10.2. The molecule has 0 radical (unpaired) electrons. The van der Waals surface area contributed by atoms with Crippen molar-refractivity contribution in [2.45, 2.75) is 25.1 Å². The first-order valence-electron chi connectivity index (χ1n) is 12.3. The van der Waals surface area contributed by atoms with Gasteiger partial charge in [-0.15, -0.1) is 0 Å². The molecule has 9 heteroatoms. The average Bonchev–Trinajstić information content (AvgIpc) is 3.35. The Morgan fingerprint density at radius 1 is 1.16 bits per heavy atom. The number of likely N-dealkylation sites (N-methyl/N-ethyl adjacent to an activating group) is 1. The zero-order valence-electron chi connectivity index (χ0n) is 21.1. The Labute approximate surface area is 228 Å². The largest absolute Gasteiger partial charge is 0.437 e. The van der Waals surface area contributed by atoms with Crippen LogP contribution in [0, 0.1) is 0 Å². The summed E-state index contributed by atoms with van der Waals surface area (Å²) in [5.74, 6) is 0.250. The summed E-state index contributed by atoms with van der Waals surface area (Å²) in [6.45, 7) is 3.47. The lowest BCUT2D eigenvalue weighted by Crippen LogP contribution is -2.46. The fourth-order valence-electron chi connectivity index (χ4n) is 4.31. The highest BCUT2D eigenvalue weighted by Crippen LogP contribution is 2.32. The average molecular weight is 543 g/mol. The molecular weight excluding hydrogens is 511 g/mol. The summed E-state index contributed by atoms with van der Waals surface area (Å²) in [6, 6.07) is 18.6. The highest BCUT2D eigenvalue weighted by atomic mass is 35.5. The van der Waals surface area contributed by atoms with Gasteiger partial charge in [0.2, 0.25) is 5.88 Å². The van der Waals surface area contributed by atoms with Gasteiger partial charge in [0.15, 0.2) is 0 Å². The molecule has 2 atom stereocenters. The summed E-state index contributed by atoms with van der Waals surface area (Å²) in [5, 5.41) is 3.98. The lowest BCUT2D eigenvalue weighted by molar-refractivity contribution is 0.0731. The number of likely N-dealkylation sites (tertiary alicyclic amines) is 1. The number of ether oxygens (including phenoxy) is 2. The molecule has 1 fully saturated rings. The van der Waals surface area contributed by atoms with Crippen LogP contribution < -0.4 is 10.1 Å². The van der Waals surface area contributed by atoms with E-state index < -0.39 is 0 Å². The molecule has 196 valence electrons. The molecule has 4 rings (SSSR count). The van der Waals surface area contributed by atoms with Crippen molar-refractivity contribution < 1.29 is 14.3 Å². The second kappa shape index (κ2) is 13.2. The van der Waals surface area contributed by atoms with E-state index in [2.05, 4.69) is 34.2 Å². The summed E-state index contributed by atoms with van der Waals surface area (Å²) < 4.78 is 11.9. The van der Waals surface area contributed by atoms with Gasteiger partial charge >= 0.3 is 0 Å². The summed E-state index contributed by atoms with van der Waals surface area (Å²) in [6.07, 6.45) is 2.67. The van der Waals surface area contributed by atoms with Crippen molar-refractivity contribution in [3.8, 4) is 11.6 Å². The monoisotopic (exact) mass is 542 g/mol. The van der Waals surface area contributed by atoms with E-state index in [1.807, 2.05) is 30.3 Å². The number of carbonyl (C=O) groups is 1. The minimum atomic E-state index is -0.287. The lowest BCUT2D eigenvalue weighted by Gasteiger charge is -2.26. The predicted molar refractivity (Wildman–Crippen MR) is 147 cm³/mol. The number of benzene rings is 2. The third kappa shape index (κ3) is 7.90. The smallest absolute Gasteiger partial charge is 0.257 e. The summed E-state index contributed by atoms with van der Waals surface area (Å²) in [7, 11) is 4.21. The van der Waals surface area contributed by atoms with Crippen molar-refractivity contribution >= 4 is 29.1 Å². The Morgan fingerprint density at radius 3 is 2.70 bits per heavy atom. The van der Waals surface area contributed by atoms with Crippen LogP contribution in [-0.2, 0) is 11.3 Å². The molecule has 1 aliphatic heterocycles. The van der Waals surface area contributed by atoms with Crippen LogP contribution in [0.15, 0.2) is 66.9 Å². The first-order chi connectivity index (χ1) is 17.9. The van der Waals surface area contributed by atoms with Crippen molar-refractivity contribution in [2.24, 2.45) is 0 Å². The Balaban J connectivity index is 1.45. The van der Waals surface area contributed by atoms with Crippen molar-refractivity contribution in [3.05, 3.63) is 88.0 Å². The molecule has 0 spiro atoms. The minimum absolute atomic E-state index is 0.169. The number of carbonyl (C=O) groups excluding carboxylic acids is 1. The van der Waals surface area contributed by atoms with Crippen LogP contribution >= 0.6 is 23.2 Å². The molecule has 1 aromatic heterocycles. The summed E-state index contributed by atoms with van der Waals surface area (Å²) in [5.41, 5.74) is 1.40. The normalized spacial score (nSPS) is 16.6. The van der Waals surface area contributed by atoms with Gasteiger partial charge in [0.1, 0.15) is 11.3 Å².